The van der Waals surface area contributed by atoms with Crippen LogP contribution in [0.2, 0.25) is 18.1 Å². The van der Waals surface area contributed by atoms with Crippen LogP contribution in [0.5, 0.6) is 0 Å². The lowest BCUT2D eigenvalue weighted by Gasteiger charge is -2.44. The third-order valence-electron chi connectivity index (χ3n) is 5.17. The lowest BCUT2D eigenvalue weighted by atomic mass is 9.82. The fourth-order valence-electron chi connectivity index (χ4n) is 2.86. The molecule has 8 heteroatoms. The van der Waals surface area contributed by atoms with E-state index in [1.807, 2.05) is 0 Å². The molecule has 0 amide bonds. The first kappa shape index (κ1) is 20.2. The van der Waals surface area contributed by atoms with Crippen molar-refractivity contribution in [1.82, 2.24) is 4.81 Å². The van der Waals surface area contributed by atoms with Crippen molar-refractivity contribution in [3.63, 3.8) is 0 Å². The maximum atomic E-state index is 12.2. The van der Waals surface area contributed by atoms with Crippen molar-refractivity contribution in [3.8, 4) is 0 Å². The van der Waals surface area contributed by atoms with Crippen molar-refractivity contribution in [1.29, 1.82) is 0 Å². The number of carbonyl (C=O) groups is 3. The van der Waals surface area contributed by atoms with Gasteiger partial charge in [0, 0.05) is 27.9 Å². The predicted octanol–water partition coefficient (Wildman–Crippen LogP) is 3.38. The zero-order valence-corrected chi connectivity index (χ0v) is 17.5. The second kappa shape index (κ2) is 7.27. The number of Topliss-reactive ketones (excluding diaryl/α,β-unsaturated/α-hetero) is 1. The van der Waals surface area contributed by atoms with Gasteiger partial charge >= 0.3 is 0 Å². The van der Waals surface area contributed by atoms with E-state index in [0.717, 1.165) is 11.2 Å². The number of carbonyl (C=O) groups excluding carboxylic acids is 3. The molecule has 1 aromatic rings. The molecule has 5 nitrogen and oxygen atoms in total. The van der Waals surface area contributed by atoms with E-state index in [4.69, 9.17) is 4.43 Å². The molecule has 1 radical (unpaired) electrons. The minimum atomic E-state index is -2.06. The summed E-state index contributed by atoms with van der Waals surface area (Å²) in [4.78, 5) is 37.5. The second-order valence-electron chi connectivity index (χ2n) is 7.95. The largest absolute Gasteiger partial charge is 0.408 e. The fourth-order valence-corrected chi connectivity index (χ4v) is 5.27. The topological polar surface area (TPSA) is 63.7 Å². The minimum absolute atomic E-state index is 0.0362. The van der Waals surface area contributed by atoms with Gasteiger partial charge < -0.3 is 14.0 Å². The number of nitrogens with zero attached hydrogens (tertiary/aromatic N) is 1. The average molecular weight is 378 g/mol. The molecule has 0 saturated carbocycles. The first-order chi connectivity index (χ1) is 11.5. The number of thiophene rings is 1. The first-order valence-corrected chi connectivity index (χ1v) is 12.1. The van der Waals surface area contributed by atoms with E-state index in [1.54, 1.807) is 10.2 Å². The van der Waals surface area contributed by atoms with Crippen LogP contribution in [0.4, 0.5) is 0 Å². The molecule has 0 fully saturated rings. The Balaban J connectivity index is 2.51. The number of ketones is 1. The third kappa shape index (κ3) is 3.87. The molecule has 1 aliphatic heterocycles. The quantitative estimate of drug-likeness (QED) is 0.561. The highest BCUT2D eigenvalue weighted by molar-refractivity contribution is 7.10. The molecule has 0 saturated heterocycles. The Morgan fingerprint density at radius 1 is 1.40 bits per heavy atom. The molecular formula is C17H25BNO4SSi. The Kier molecular flexibility index (Phi) is 5.88. The molecule has 0 aromatic carbocycles. The molecule has 0 spiro atoms. The van der Waals surface area contributed by atoms with Gasteiger partial charge in [-0.25, -0.2) is 0 Å². The highest BCUT2D eigenvalue weighted by Crippen LogP contribution is 2.46. The van der Waals surface area contributed by atoms with E-state index < -0.39 is 14.4 Å². The molecule has 135 valence electrons. The van der Waals surface area contributed by atoms with Crippen molar-refractivity contribution in [2.24, 2.45) is 0 Å². The normalized spacial score (nSPS) is 21.5. The van der Waals surface area contributed by atoms with E-state index in [1.165, 1.54) is 25.7 Å². The van der Waals surface area contributed by atoms with Crippen LogP contribution in [0.3, 0.4) is 0 Å². The van der Waals surface area contributed by atoms with Gasteiger partial charge in [-0.15, -0.1) is 11.3 Å². The van der Waals surface area contributed by atoms with Gasteiger partial charge in [0.25, 0.3) is 7.41 Å². The molecule has 2 atom stereocenters. The lowest BCUT2D eigenvalue weighted by molar-refractivity contribution is -0.121. The van der Waals surface area contributed by atoms with Crippen molar-refractivity contribution in [2.75, 3.05) is 6.54 Å². The summed E-state index contributed by atoms with van der Waals surface area (Å²) in [6, 6.07) is -0.606. The van der Waals surface area contributed by atoms with Gasteiger partial charge in [0.05, 0.1) is 18.3 Å². The van der Waals surface area contributed by atoms with E-state index in [9.17, 15) is 14.4 Å². The summed E-state index contributed by atoms with van der Waals surface area (Å²) in [5, 5.41) is 1.81. The van der Waals surface area contributed by atoms with Gasteiger partial charge in [-0.05, 0) is 25.1 Å². The number of hydrogen-bond acceptors (Lipinski definition) is 6. The SMILES string of the molecule is CC(=O)C1c2c(C=O)csc2C(O[Si](C)(C)C(C)(C)C)CN1[B]C=O. The molecule has 1 aliphatic rings. The van der Waals surface area contributed by atoms with Crippen LogP contribution in [0.15, 0.2) is 5.38 Å². The van der Waals surface area contributed by atoms with E-state index >= 15 is 0 Å². The van der Waals surface area contributed by atoms with Gasteiger partial charge in [-0.2, -0.15) is 0 Å². The molecular weight excluding hydrogens is 353 g/mol. The number of hydrogen-bond donors (Lipinski definition) is 0. The van der Waals surface area contributed by atoms with E-state index in [0.29, 0.717) is 23.9 Å². The summed E-state index contributed by atoms with van der Waals surface area (Å²) >= 11 is 1.46. The average Bonchev–Trinajstić information content (AvgIpc) is 2.89. The summed E-state index contributed by atoms with van der Waals surface area (Å²) in [5.74, 6) is -0.0911. The minimum Gasteiger partial charge on any atom is -0.408 e. The molecule has 1 aromatic heterocycles. The standard InChI is InChI=1S/C17H25BNO4SSi/c1-11(22)15-14-12(8-20)9-24-16(14)13(7-19(15)18-10-21)23-25(5,6)17(2,3)4/h8-10,13,15H,7H2,1-6H3. The van der Waals surface area contributed by atoms with Gasteiger partial charge in [-0.3, -0.25) is 9.59 Å². The Bertz CT molecular complexity index is 683. The molecule has 2 rings (SSSR count). The number of aldehydes is 1. The molecule has 2 unspecified atom stereocenters. The molecule has 0 aliphatic carbocycles. The smallest absolute Gasteiger partial charge is 0.294 e. The van der Waals surface area contributed by atoms with Crippen LogP contribution in [-0.2, 0) is 14.0 Å². The highest BCUT2D eigenvalue weighted by Gasteiger charge is 2.44. The maximum absolute atomic E-state index is 12.2. The summed E-state index contributed by atoms with van der Waals surface area (Å²) in [6.07, 6.45) is 1.21. The molecule has 0 bridgehead atoms. The first-order valence-electron chi connectivity index (χ1n) is 8.32. The Hall–Kier alpha value is -1.09. The zero-order valence-electron chi connectivity index (χ0n) is 15.7. The van der Waals surface area contributed by atoms with Crippen LogP contribution < -0.4 is 0 Å². The van der Waals surface area contributed by atoms with E-state index in [-0.39, 0.29) is 16.9 Å². The van der Waals surface area contributed by atoms with Gasteiger partial charge in [0.2, 0.25) is 0 Å². The number of fused-ring (bicyclic) bond motifs is 1. The summed E-state index contributed by atoms with van der Waals surface area (Å²) in [5.41, 5.74) is 1.20. The third-order valence-corrected chi connectivity index (χ3v) is 10.8. The molecule has 0 N–H and O–H groups in total. The van der Waals surface area contributed by atoms with Crippen LogP contribution in [-0.4, -0.2) is 45.3 Å². The summed E-state index contributed by atoms with van der Waals surface area (Å²) in [6.45, 7) is 12.8. The van der Waals surface area contributed by atoms with Crippen LogP contribution in [0, 0.1) is 0 Å². The van der Waals surface area contributed by atoms with Crippen LogP contribution in [0.25, 0.3) is 0 Å². The fraction of sp³-hybridized carbons (Fsp3) is 0.588. The Morgan fingerprint density at radius 3 is 2.52 bits per heavy atom. The maximum Gasteiger partial charge on any atom is 0.294 e. The monoisotopic (exact) mass is 378 g/mol. The second-order valence-corrected chi connectivity index (χ2v) is 13.6. The predicted molar refractivity (Wildman–Crippen MR) is 103 cm³/mol. The van der Waals surface area contributed by atoms with Crippen molar-refractivity contribution in [2.45, 2.75) is 58.0 Å². The summed E-state index contributed by atoms with van der Waals surface area (Å²) in [7, 11) is -0.681. The van der Waals surface area contributed by atoms with Gasteiger partial charge in [0.15, 0.2) is 14.6 Å². The van der Waals surface area contributed by atoms with Crippen molar-refractivity contribution < 1.29 is 18.8 Å². The summed E-state index contributed by atoms with van der Waals surface area (Å²) < 4.78 is 6.58. The Morgan fingerprint density at radius 2 is 2.04 bits per heavy atom. The van der Waals surface area contributed by atoms with Gasteiger partial charge in [0.1, 0.15) is 5.78 Å². The Labute approximate surface area is 155 Å². The highest BCUT2D eigenvalue weighted by atomic mass is 32.1. The molecule has 2 heterocycles. The molecule has 25 heavy (non-hydrogen) atoms. The van der Waals surface area contributed by atoms with E-state index in [2.05, 4.69) is 33.9 Å². The number of rotatable bonds is 6. The van der Waals surface area contributed by atoms with Gasteiger partial charge in [-0.1, -0.05) is 20.8 Å². The van der Waals surface area contributed by atoms with Crippen molar-refractivity contribution in [3.05, 3.63) is 21.4 Å². The van der Waals surface area contributed by atoms with Crippen molar-refractivity contribution >= 4 is 45.3 Å². The lowest BCUT2D eigenvalue weighted by Crippen LogP contribution is -2.48. The zero-order chi connectivity index (χ0) is 19.0. The van der Waals surface area contributed by atoms with Crippen LogP contribution >= 0.6 is 11.3 Å². The van der Waals surface area contributed by atoms with Crippen LogP contribution in [0.1, 0.15) is 60.6 Å².